The Labute approximate surface area is 111 Å². The number of allylic oxidation sites excluding steroid dienone is 3. The number of nitriles is 2. The Balaban J connectivity index is 2.46. The van der Waals surface area contributed by atoms with Crippen LogP contribution in [0.2, 0.25) is 0 Å². The highest BCUT2D eigenvalue weighted by molar-refractivity contribution is 5.84. The van der Waals surface area contributed by atoms with Crippen LogP contribution in [-0.2, 0) is 0 Å². The Kier molecular flexibility index (Phi) is 3.95. The highest BCUT2D eigenvalue weighted by Crippen LogP contribution is 2.21. The minimum absolute atomic E-state index is 0.0778. The summed E-state index contributed by atoms with van der Waals surface area (Å²) >= 11 is 0. The standard InChI is InChI=1S/C16H10N2O/c17-11-14(12-18)16(13-5-2-1-3-6-13)9-8-15-7-4-10-19-15/h1-10H. The zero-order valence-electron chi connectivity index (χ0n) is 10.1. The Morgan fingerprint density at radius 1 is 1.00 bits per heavy atom. The van der Waals surface area contributed by atoms with Gasteiger partial charge in [-0.3, -0.25) is 0 Å². The third kappa shape index (κ3) is 3.00. The zero-order valence-corrected chi connectivity index (χ0v) is 10.1. The van der Waals surface area contributed by atoms with Crippen molar-refractivity contribution < 1.29 is 4.42 Å². The Hall–Kier alpha value is -3.04. The summed E-state index contributed by atoms with van der Waals surface area (Å²) in [7, 11) is 0. The van der Waals surface area contributed by atoms with Gasteiger partial charge < -0.3 is 4.42 Å². The lowest BCUT2D eigenvalue weighted by atomic mass is 10.0. The molecule has 0 aliphatic rings. The molecule has 1 heterocycles. The molecule has 3 heteroatoms. The van der Waals surface area contributed by atoms with Crippen LogP contribution in [0.3, 0.4) is 0 Å². The van der Waals surface area contributed by atoms with E-state index in [2.05, 4.69) is 0 Å². The van der Waals surface area contributed by atoms with Crippen LogP contribution in [0.5, 0.6) is 0 Å². The Morgan fingerprint density at radius 2 is 1.74 bits per heavy atom. The highest BCUT2D eigenvalue weighted by Gasteiger charge is 2.05. The fraction of sp³-hybridized carbons (Fsp3) is 0. The third-order valence-corrected chi connectivity index (χ3v) is 2.54. The number of hydrogen-bond acceptors (Lipinski definition) is 3. The van der Waals surface area contributed by atoms with Crippen molar-refractivity contribution in [1.82, 2.24) is 0 Å². The minimum atomic E-state index is 0.0778. The number of rotatable bonds is 3. The van der Waals surface area contributed by atoms with E-state index in [1.807, 2.05) is 42.5 Å². The van der Waals surface area contributed by atoms with Crippen LogP contribution in [0.25, 0.3) is 11.6 Å². The normalized spacial score (nSPS) is 9.79. The molecule has 0 N–H and O–H groups in total. The van der Waals surface area contributed by atoms with Gasteiger partial charge in [-0.05, 0) is 29.8 Å². The summed E-state index contributed by atoms with van der Waals surface area (Å²) in [6.07, 6.45) is 5.02. The van der Waals surface area contributed by atoms with Gasteiger partial charge in [-0.15, -0.1) is 0 Å². The summed E-state index contributed by atoms with van der Waals surface area (Å²) in [6, 6.07) is 16.7. The van der Waals surface area contributed by atoms with Crippen molar-refractivity contribution in [3.8, 4) is 12.1 Å². The first-order valence-corrected chi connectivity index (χ1v) is 5.66. The van der Waals surface area contributed by atoms with Crippen LogP contribution in [0.4, 0.5) is 0 Å². The van der Waals surface area contributed by atoms with E-state index in [-0.39, 0.29) is 5.57 Å². The molecule has 0 aliphatic carbocycles. The van der Waals surface area contributed by atoms with Crippen LogP contribution in [0.1, 0.15) is 11.3 Å². The molecule has 0 saturated carbocycles. The van der Waals surface area contributed by atoms with Crippen molar-refractivity contribution in [1.29, 1.82) is 10.5 Å². The number of benzene rings is 1. The molecule has 1 aromatic carbocycles. The van der Waals surface area contributed by atoms with Gasteiger partial charge in [0.2, 0.25) is 0 Å². The molecule has 0 unspecified atom stereocenters. The maximum atomic E-state index is 9.03. The van der Waals surface area contributed by atoms with E-state index in [0.29, 0.717) is 11.3 Å². The summed E-state index contributed by atoms with van der Waals surface area (Å²) in [5, 5.41) is 18.1. The van der Waals surface area contributed by atoms with Gasteiger partial charge in [-0.1, -0.05) is 30.3 Å². The molecule has 0 spiro atoms. The molecule has 0 saturated heterocycles. The van der Waals surface area contributed by atoms with E-state index in [4.69, 9.17) is 14.9 Å². The average Bonchev–Trinajstić information content (AvgIpc) is 2.97. The fourth-order valence-electron chi connectivity index (χ4n) is 1.64. The largest absolute Gasteiger partial charge is 0.465 e. The van der Waals surface area contributed by atoms with Gasteiger partial charge in [-0.25, -0.2) is 0 Å². The summed E-state index contributed by atoms with van der Waals surface area (Å²) in [4.78, 5) is 0. The Morgan fingerprint density at radius 3 is 2.32 bits per heavy atom. The van der Waals surface area contributed by atoms with Crippen LogP contribution in [0, 0.1) is 22.7 Å². The lowest BCUT2D eigenvalue weighted by Gasteiger charge is -2.01. The number of nitrogens with zero attached hydrogens (tertiary/aromatic N) is 2. The molecule has 0 aliphatic heterocycles. The second-order valence-corrected chi connectivity index (χ2v) is 3.73. The molecule has 0 amide bonds. The van der Waals surface area contributed by atoms with Crippen molar-refractivity contribution in [3.63, 3.8) is 0 Å². The van der Waals surface area contributed by atoms with Crippen molar-refractivity contribution >= 4 is 11.6 Å². The first-order chi connectivity index (χ1) is 9.35. The van der Waals surface area contributed by atoms with E-state index in [1.165, 1.54) is 0 Å². The van der Waals surface area contributed by atoms with Gasteiger partial charge in [0.15, 0.2) is 0 Å². The second-order valence-electron chi connectivity index (χ2n) is 3.73. The van der Waals surface area contributed by atoms with E-state index >= 15 is 0 Å². The van der Waals surface area contributed by atoms with Gasteiger partial charge in [0.25, 0.3) is 0 Å². The highest BCUT2D eigenvalue weighted by atomic mass is 16.3. The second kappa shape index (κ2) is 6.05. The smallest absolute Gasteiger partial charge is 0.137 e. The fourth-order valence-corrected chi connectivity index (χ4v) is 1.64. The molecule has 2 aromatic rings. The number of hydrogen-bond donors (Lipinski definition) is 0. The summed E-state index contributed by atoms with van der Waals surface area (Å²) in [6.45, 7) is 0. The van der Waals surface area contributed by atoms with Crippen molar-refractivity contribution in [2.75, 3.05) is 0 Å². The SMILES string of the molecule is N#CC(C#N)=C(C=Cc1ccco1)c1ccccc1. The molecule has 3 nitrogen and oxygen atoms in total. The average molecular weight is 246 g/mol. The molecule has 0 fully saturated rings. The van der Waals surface area contributed by atoms with Gasteiger partial charge >= 0.3 is 0 Å². The molecule has 0 radical (unpaired) electrons. The molecule has 90 valence electrons. The van der Waals surface area contributed by atoms with Gasteiger partial charge in [-0.2, -0.15) is 10.5 Å². The van der Waals surface area contributed by atoms with Crippen LogP contribution >= 0.6 is 0 Å². The molecular weight excluding hydrogens is 236 g/mol. The van der Waals surface area contributed by atoms with Crippen molar-refractivity contribution in [2.24, 2.45) is 0 Å². The van der Waals surface area contributed by atoms with Crippen LogP contribution in [-0.4, -0.2) is 0 Å². The van der Waals surface area contributed by atoms with Gasteiger partial charge in [0.1, 0.15) is 23.5 Å². The summed E-state index contributed by atoms with van der Waals surface area (Å²) in [5.41, 5.74) is 1.49. The van der Waals surface area contributed by atoms with E-state index in [0.717, 1.165) is 5.56 Å². The van der Waals surface area contributed by atoms with Gasteiger partial charge in [0, 0.05) is 5.57 Å². The van der Waals surface area contributed by atoms with Crippen molar-refractivity contribution in [3.05, 3.63) is 71.7 Å². The number of furan rings is 1. The maximum Gasteiger partial charge on any atom is 0.137 e. The predicted molar refractivity (Wildman–Crippen MR) is 72.3 cm³/mol. The summed E-state index contributed by atoms with van der Waals surface area (Å²) in [5.74, 6) is 0.670. The van der Waals surface area contributed by atoms with E-state index < -0.39 is 0 Å². The molecule has 2 rings (SSSR count). The molecular formula is C16H10N2O. The Bertz CT molecular complexity index is 665. The molecule has 1 aromatic heterocycles. The molecule has 19 heavy (non-hydrogen) atoms. The quantitative estimate of drug-likeness (QED) is 0.611. The lowest BCUT2D eigenvalue weighted by molar-refractivity contribution is 0.557. The summed E-state index contributed by atoms with van der Waals surface area (Å²) < 4.78 is 5.19. The van der Waals surface area contributed by atoms with E-state index in [9.17, 15) is 0 Å². The molecule has 0 atom stereocenters. The monoisotopic (exact) mass is 246 g/mol. The topological polar surface area (TPSA) is 60.7 Å². The minimum Gasteiger partial charge on any atom is -0.465 e. The third-order valence-electron chi connectivity index (χ3n) is 2.54. The first kappa shape index (κ1) is 12.4. The predicted octanol–water partition coefficient (Wildman–Crippen LogP) is 3.79. The zero-order chi connectivity index (χ0) is 13.5. The van der Waals surface area contributed by atoms with Gasteiger partial charge in [0.05, 0.1) is 6.26 Å². The first-order valence-electron chi connectivity index (χ1n) is 5.66. The molecule has 0 bridgehead atoms. The maximum absolute atomic E-state index is 9.03. The van der Waals surface area contributed by atoms with E-state index in [1.54, 1.807) is 30.5 Å². The van der Waals surface area contributed by atoms with Crippen LogP contribution < -0.4 is 0 Å². The van der Waals surface area contributed by atoms with Crippen molar-refractivity contribution in [2.45, 2.75) is 0 Å². The van der Waals surface area contributed by atoms with Crippen LogP contribution in [0.15, 0.2) is 64.8 Å². The lowest BCUT2D eigenvalue weighted by Crippen LogP contribution is -1.85.